The van der Waals surface area contributed by atoms with Crippen LogP contribution in [0.1, 0.15) is 6.92 Å². The number of hydrogen-bond donors (Lipinski definition) is 0. The topological polar surface area (TPSA) is 57.7 Å². The molecule has 1 aliphatic heterocycles. The van der Waals surface area contributed by atoms with E-state index >= 15 is 0 Å². The van der Waals surface area contributed by atoms with E-state index in [2.05, 4.69) is 0 Å². The van der Waals surface area contributed by atoms with Crippen molar-refractivity contribution in [2.45, 2.75) is 11.8 Å². The smallest absolute Gasteiger partial charge is 0.246 e. The van der Waals surface area contributed by atoms with Gasteiger partial charge < -0.3 is 4.90 Å². The maximum Gasteiger partial charge on any atom is 0.246 e. The summed E-state index contributed by atoms with van der Waals surface area (Å²) < 4.78 is 52.4. The van der Waals surface area contributed by atoms with Crippen LogP contribution >= 0.6 is 0 Å². The highest BCUT2D eigenvalue weighted by Crippen LogP contribution is 2.21. The van der Waals surface area contributed by atoms with Crippen molar-refractivity contribution >= 4 is 15.9 Å². The highest BCUT2D eigenvalue weighted by atomic mass is 32.2. The standard InChI is InChI=1S/C14H16F2N2O3S/c1-2-3-14(19)17-6-8-18(9-7-17)22(20,21)13-5-4-11(15)10-12(13)16/h2-5,10H,6-9H2,1H3/b3-2+. The zero-order valence-corrected chi connectivity index (χ0v) is 12.8. The number of allylic oxidation sites excluding steroid dienone is 1. The van der Waals surface area contributed by atoms with Gasteiger partial charge in [-0.25, -0.2) is 17.2 Å². The van der Waals surface area contributed by atoms with E-state index in [0.717, 1.165) is 16.4 Å². The SMILES string of the molecule is C/C=C/C(=O)N1CCN(S(=O)(=O)c2ccc(F)cc2F)CC1. The molecule has 1 heterocycles. The summed E-state index contributed by atoms with van der Waals surface area (Å²) in [6, 6.07) is 2.36. The van der Waals surface area contributed by atoms with Gasteiger partial charge in [0, 0.05) is 32.2 Å². The number of carbonyl (C=O) groups excluding carboxylic acids is 1. The lowest BCUT2D eigenvalue weighted by Gasteiger charge is -2.33. The average molecular weight is 330 g/mol. The number of piperazine rings is 1. The molecule has 0 aliphatic carbocycles. The lowest BCUT2D eigenvalue weighted by Crippen LogP contribution is -2.50. The molecular formula is C14H16F2N2O3S. The van der Waals surface area contributed by atoms with Crippen molar-refractivity contribution in [3.8, 4) is 0 Å². The van der Waals surface area contributed by atoms with Gasteiger partial charge in [-0.1, -0.05) is 6.08 Å². The molecule has 2 rings (SSSR count). The third-order valence-corrected chi connectivity index (χ3v) is 5.30. The average Bonchev–Trinajstić information content (AvgIpc) is 2.47. The first-order chi connectivity index (χ1) is 10.4. The predicted molar refractivity (Wildman–Crippen MR) is 76.5 cm³/mol. The largest absolute Gasteiger partial charge is 0.337 e. The van der Waals surface area contributed by atoms with E-state index in [1.807, 2.05) is 0 Å². The Morgan fingerprint density at radius 1 is 1.18 bits per heavy atom. The van der Waals surface area contributed by atoms with Crippen LogP contribution < -0.4 is 0 Å². The van der Waals surface area contributed by atoms with Gasteiger partial charge in [-0.3, -0.25) is 4.79 Å². The fourth-order valence-electron chi connectivity index (χ4n) is 2.22. The monoisotopic (exact) mass is 330 g/mol. The van der Waals surface area contributed by atoms with E-state index in [1.165, 1.54) is 11.0 Å². The summed E-state index contributed by atoms with van der Waals surface area (Å²) in [5, 5.41) is 0. The highest BCUT2D eigenvalue weighted by molar-refractivity contribution is 7.89. The van der Waals surface area contributed by atoms with Crippen LogP contribution in [0.15, 0.2) is 35.2 Å². The number of halogens is 2. The number of hydrogen-bond acceptors (Lipinski definition) is 3. The molecule has 5 nitrogen and oxygen atoms in total. The van der Waals surface area contributed by atoms with Crippen molar-refractivity contribution in [1.29, 1.82) is 0 Å². The molecule has 0 aromatic heterocycles. The summed E-state index contributed by atoms with van der Waals surface area (Å²) in [6.45, 7) is 2.32. The van der Waals surface area contributed by atoms with Gasteiger partial charge in [-0.05, 0) is 25.1 Å². The van der Waals surface area contributed by atoms with Crippen molar-refractivity contribution in [3.63, 3.8) is 0 Å². The second kappa shape index (κ2) is 6.53. The molecule has 0 spiro atoms. The molecule has 1 saturated heterocycles. The molecule has 1 amide bonds. The summed E-state index contributed by atoms with van der Waals surface area (Å²) in [5.41, 5.74) is 0. The predicted octanol–water partition coefficient (Wildman–Crippen LogP) is 1.37. The summed E-state index contributed by atoms with van der Waals surface area (Å²) in [6.07, 6.45) is 3.02. The number of carbonyl (C=O) groups is 1. The summed E-state index contributed by atoms with van der Waals surface area (Å²) in [4.78, 5) is 12.7. The van der Waals surface area contributed by atoms with Crippen LogP contribution in [0, 0.1) is 11.6 Å². The van der Waals surface area contributed by atoms with Gasteiger partial charge in [0.1, 0.15) is 16.5 Å². The van der Waals surface area contributed by atoms with Crippen LogP contribution in [0.25, 0.3) is 0 Å². The third kappa shape index (κ3) is 3.33. The van der Waals surface area contributed by atoms with Crippen LogP contribution in [-0.2, 0) is 14.8 Å². The molecule has 0 bridgehead atoms. The molecule has 120 valence electrons. The van der Waals surface area contributed by atoms with Gasteiger partial charge >= 0.3 is 0 Å². The molecule has 1 aliphatic rings. The first-order valence-corrected chi connectivity index (χ1v) is 8.17. The summed E-state index contributed by atoms with van der Waals surface area (Å²) in [5.74, 6) is -2.14. The van der Waals surface area contributed by atoms with Crippen LogP contribution in [0.2, 0.25) is 0 Å². The van der Waals surface area contributed by atoms with E-state index in [1.54, 1.807) is 13.0 Å². The van der Waals surface area contributed by atoms with Crippen molar-refractivity contribution in [3.05, 3.63) is 42.0 Å². The van der Waals surface area contributed by atoms with Crippen LogP contribution in [0.4, 0.5) is 8.78 Å². The van der Waals surface area contributed by atoms with E-state index in [-0.39, 0.29) is 32.1 Å². The zero-order chi connectivity index (χ0) is 16.3. The molecule has 0 radical (unpaired) electrons. The van der Waals surface area contributed by atoms with Crippen molar-refractivity contribution < 1.29 is 22.0 Å². The lowest BCUT2D eigenvalue weighted by molar-refractivity contribution is -0.127. The summed E-state index contributed by atoms with van der Waals surface area (Å²) >= 11 is 0. The zero-order valence-electron chi connectivity index (χ0n) is 12.0. The maximum absolute atomic E-state index is 13.7. The molecule has 1 aromatic carbocycles. The Hall–Kier alpha value is -1.80. The number of benzene rings is 1. The fraction of sp³-hybridized carbons (Fsp3) is 0.357. The van der Waals surface area contributed by atoms with Crippen molar-refractivity contribution in [2.75, 3.05) is 26.2 Å². The van der Waals surface area contributed by atoms with Gasteiger partial charge in [0.2, 0.25) is 15.9 Å². The van der Waals surface area contributed by atoms with Crippen LogP contribution in [-0.4, -0.2) is 49.7 Å². The quantitative estimate of drug-likeness (QED) is 0.787. The Kier molecular flexibility index (Phi) is 4.92. The minimum Gasteiger partial charge on any atom is -0.337 e. The first kappa shape index (κ1) is 16.6. The molecule has 1 fully saturated rings. The van der Waals surface area contributed by atoms with E-state index in [4.69, 9.17) is 0 Å². The van der Waals surface area contributed by atoms with Crippen LogP contribution in [0.3, 0.4) is 0 Å². The molecule has 0 atom stereocenters. The Morgan fingerprint density at radius 3 is 2.36 bits per heavy atom. The minimum atomic E-state index is -4.04. The molecule has 0 N–H and O–H groups in total. The second-order valence-electron chi connectivity index (χ2n) is 4.80. The maximum atomic E-state index is 13.7. The molecule has 22 heavy (non-hydrogen) atoms. The fourth-order valence-corrected chi connectivity index (χ4v) is 3.69. The third-order valence-electron chi connectivity index (χ3n) is 3.37. The number of amides is 1. The number of rotatable bonds is 3. The van der Waals surface area contributed by atoms with Gasteiger partial charge in [-0.15, -0.1) is 0 Å². The van der Waals surface area contributed by atoms with Gasteiger partial charge in [0.05, 0.1) is 0 Å². The minimum absolute atomic E-state index is 0.0719. The molecule has 0 unspecified atom stereocenters. The van der Waals surface area contributed by atoms with Gasteiger partial charge in [-0.2, -0.15) is 4.31 Å². The van der Waals surface area contributed by atoms with Crippen LogP contribution in [0.5, 0.6) is 0 Å². The summed E-state index contributed by atoms with van der Waals surface area (Å²) in [7, 11) is -4.04. The molecular weight excluding hydrogens is 314 g/mol. The van der Waals surface area contributed by atoms with Gasteiger partial charge in [0.25, 0.3) is 0 Å². The highest BCUT2D eigenvalue weighted by Gasteiger charge is 2.31. The Bertz CT molecular complexity index is 696. The second-order valence-corrected chi connectivity index (χ2v) is 6.71. The molecule has 0 saturated carbocycles. The number of sulfonamides is 1. The van der Waals surface area contributed by atoms with E-state index in [0.29, 0.717) is 6.07 Å². The normalized spacial score (nSPS) is 17.1. The lowest BCUT2D eigenvalue weighted by atomic mass is 10.3. The Morgan fingerprint density at radius 2 is 1.82 bits per heavy atom. The molecule has 1 aromatic rings. The number of nitrogens with zero attached hydrogens (tertiary/aromatic N) is 2. The Labute approximate surface area is 127 Å². The molecule has 8 heteroatoms. The van der Waals surface area contributed by atoms with Gasteiger partial charge in [0.15, 0.2) is 0 Å². The van der Waals surface area contributed by atoms with E-state index in [9.17, 15) is 22.0 Å². The van der Waals surface area contributed by atoms with E-state index < -0.39 is 26.6 Å². The first-order valence-electron chi connectivity index (χ1n) is 6.73. The van der Waals surface area contributed by atoms with Crippen molar-refractivity contribution in [2.24, 2.45) is 0 Å². The van der Waals surface area contributed by atoms with Crippen molar-refractivity contribution in [1.82, 2.24) is 9.21 Å². The Balaban J connectivity index is 2.14.